The summed E-state index contributed by atoms with van der Waals surface area (Å²) in [4.78, 5) is 24.8. The number of aryl methyl sites for hydroxylation is 1. The van der Waals surface area contributed by atoms with Crippen LogP contribution in [0.2, 0.25) is 0 Å². The maximum Gasteiger partial charge on any atom is 0.271 e. The molecule has 0 radical (unpaired) electrons. The van der Waals surface area contributed by atoms with Gasteiger partial charge in [-0.3, -0.25) is 19.8 Å². The minimum absolute atomic E-state index is 0. The number of hydrogen-bond donors (Lipinski definition) is 2. The van der Waals surface area contributed by atoms with E-state index < -0.39 is 4.92 Å². The average molecular weight is 393 g/mol. The molecule has 8 heteroatoms. The van der Waals surface area contributed by atoms with Crippen molar-refractivity contribution in [2.24, 2.45) is 5.73 Å². The van der Waals surface area contributed by atoms with Gasteiger partial charge in [-0.15, -0.1) is 12.4 Å². The van der Waals surface area contributed by atoms with E-state index in [2.05, 4.69) is 5.32 Å². The summed E-state index contributed by atoms with van der Waals surface area (Å²) in [5.41, 5.74) is 8.04. The number of nitro benzene ring substituents is 1. The number of nitrogens with one attached hydrogen (secondary N) is 1. The van der Waals surface area contributed by atoms with Gasteiger partial charge in [-0.1, -0.05) is 36.4 Å². The zero-order valence-corrected chi connectivity index (χ0v) is 16.1. The van der Waals surface area contributed by atoms with Crippen LogP contribution in [0.1, 0.15) is 11.1 Å². The second kappa shape index (κ2) is 11.3. The number of carbonyl (C=O) groups is 1. The first kappa shape index (κ1) is 22.6. The van der Waals surface area contributed by atoms with Crippen LogP contribution in [0.25, 0.3) is 0 Å². The summed E-state index contributed by atoms with van der Waals surface area (Å²) in [6, 6.07) is 14.5. The monoisotopic (exact) mass is 392 g/mol. The van der Waals surface area contributed by atoms with Gasteiger partial charge in [0.05, 0.1) is 17.2 Å². The summed E-state index contributed by atoms with van der Waals surface area (Å²) in [6.07, 6.45) is 0.823. The van der Waals surface area contributed by atoms with Gasteiger partial charge in [0, 0.05) is 31.8 Å². The predicted molar refractivity (Wildman–Crippen MR) is 109 cm³/mol. The average Bonchev–Trinajstić information content (AvgIpc) is 2.62. The lowest BCUT2D eigenvalue weighted by Gasteiger charge is -2.21. The van der Waals surface area contributed by atoms with Crippen molar-refractivity contribution in [2.45, 2.75) is 13.3 Å². The number of nitro groups is 1. The Balaban J connectivity index is 0.00000364. The number of anilines is 1. The Morgan fingerprint density at radius 3 is 2.52 bits per heavy atom. The fourth-order valence-electron chi connectivity index (χ4n) is 2.64. The molecule has 2 aromatic rings. The smallest absolute Gasteiger partial charge is 0.271 e. The molecule has 2 aromatic carbocycles. The third-order valence-corrected chi connectivity index (χ3v) is 4.08. The predicted octanol–water partition coefficient (Wildman–Crippen LogP) is 2.77. The summed E-state index contributed by atoms with van der Waals surface area (Å²) in [5, 5.41) is 13.7. The maximum atomic E-state index is 12.4. The van der Waals surface area contributed by atoms with Crippen LogP contribution in [0, 0.1) is 17.0 Å². The molecule has 0 heterocycles. The van der Waals surface area contributed by atoms with Crippen LogP contribution in [0.5, 0.6) is 0 Å². The Labute approximate surface area is 165 Å². The Morgan fingerprint density at radius 1 is 1.19 bits per heavy atom. The van der Waals surface area contributed by atoms with Gasteiger partial charge in [-0.25, -0.2) is 0 Å². The second-order valence-electron chi connectivity index (χ2n) is 6.10. The first-order valence-electron chi connectivity index (χ1n) is 8.51. The minimum atomic E-state index is -0.477. The van der Waals surface area contributed by atoms with Gasteiger partial charge in [0.2, 0.25) is 5.91 Å². The van der Waals surface area contributed by atoms with E-state index in [0.717, 1.165) is 12.0 Å². The van der Waals surface area contributed by atoms with Gasteiger partial charge in [0.15, 0.2) is 0 Å². The lowest BCUT2D eigenvalue weighted by atomic mass is 10.1. The van der Waals surface area contributed by atoms with Gasteiger partial charge in [-0.2, -0.15) is 0 Å². The molecule has 146 valence electrons. The summed E-state index contributed by atoms with van der Waals surface area (Å²) in [5.74, 6) is -0.213. The minimum Gasteiger partial charge on any atom is -0.329 e. The molecule has 2 rings (SSSR count). The number of nitrogens with zero attached hydrogens (tertiary/aromatic N) is 2. The topological polar surface area (TPSA) is 102 Å². The van der Waals surface area contributed by atoms with E-state index in [1.807, 2.05) is 35.2 Å². The van der Waals surface area contributed by atoms with E-state index >= 15 is 0 Å². The zero-order valence-electron chi connectivity index (χ0n) is 15.3. The highest BCUT2D eigenvalue weighted by atomic mass is 35.5. The number of halogens is 1. The maximum absolute atomic E-state index is 12.4. The van der Waals surface area contributed by atoms with Crippen molar-refractivity contribution in [2.75, 3.05) is 31.5 Å². The van der Waals surface area contributed by atoms with Crippen LogP contribution in [0.3, 0.4) is 0 Å². The van der Waals surface area contributed by atoms with E-state index in [1.54, 1.807) is 13.0 Å². The second-order valence-corrected chi connectivity index (χ2v) is 6.10. The highest BCUT2D eigenvalue weighted by molar-refractivity contribution is 5.93. The van der Waals surface area contributed by atoms with Gasteiger partial charge >= 0.3 is 0 Å². The molecular weight excluding hydrogens is 368 g/mol. The number of amides is 1. The Hall–Kier alpha value is -2.48. The molecule has 0 aliphatic carbocycles. The third-order valence-electron chi connectivity index (χ3n) is 4.08. The van der Waals surface area contributed by atoms with E-state index in [1.165, 1.54) is 17.7 Å². The van der Waals surface area contributed by atoms with E-state index in [-0.39, 0.29) is 30.5 Å². The fraction of sp³-hybridized carbons (Fsp3) is 0.316. The van der Waals surface area contributed by atoms with Crippen molar-refractivity contribution in [1.29, 1.82) is 0 Å². The molecule has 0 atom stereocenters. The summed E-state index contributed by atoms with van der Waals surface area (Å²) < 4.78 is 0. The lowest BCUT2D eigenvalue weighted by molar-refractivity contribution is -0.384. The van der Waals surface area contributed by atoms with E-state index in [9.17, 15) is 14.9 Å². The van der Waals surface area contributed by atoms with Gasteiger partial charge in [-0.05, 0) is 24.5 Å². The van der Waals surface area contributed by atoms with Crippen LogP contribution >= 0.6 is 12.4 Å². The Kier molecular flexibility index (Phi) is 9.42. The normalized spacial score (nSPS) is 10.3. The molecule has 0 saturated heterocycles. The zero-order chi connectivity index (χ0) is 18.9. The first-order chi connectivity index (χ1) is 12.5. The van der Waals surface area contributed by atoms with Crippen molar-refractivity contribution < 1.29 is 9.72 Å². The number of hydrogen-bond acceptors (Lipinski definition) is 5. The molecule has 0 aliphatic heterocycles. The van der Waals surface area contributed by atoms with Crippen molar-refractivity contribution >= 4 is 29.7 Å². The molecule has 0 aromatic heterocycles. The highest BCUT2D eigenvalue weighted by Crippen LogP contribution is 2.21. The van der Waals surface area contributed by atoms with Crippen molar-refractivity contribution in [1.82, 2.24) is 4.90 Å². The van der Waals surface area contributed by atoms with Crippen LogP contribution in [0.15, 0.2) is 48.5 Å². The molecule has 0 fully saturated rings. The SMILES string of the molecule is Cc1ccc([N+](=O)[O-])cc1NC(=O)CN(CCN)CCc1ccccc1.Cl. The van der Waals surface area contributed by atoms with Gasteiger partial charge in [0.25, 0.3) is 5.69 Å². The van der Waals surface area contributed by atoms with Gasteiger partial charge < -0.3 is 11.1 Å². The number of carbonyl (C=O) groups excluding carboxylic acids is 1. The number of rotatable bonds is 9. The van der Waals surface area contributed by atoms with Crippen molar-refractivity contribution in [3.05, 3.63) is 69.8 Å². The van der Waals surface area contributed by atoms with E-state index in [0.29, 0.717) is 25.3 Å². The lowest BCUT2D eigenvalue weighted by Crippen LogP contribution is -2.38. The van der Waals surface area contributed by atoms with Gasteiger partial charge in [0.1, 0.15) is 0 Å². The number of nitrogens with two attached hydrogens (primary N) is 1. The molecule has 0 unspecified atom stereocenters. The standard InChI is InChI=1S/C19H24N4O3.ClH/c1-15-7-8-17(23(25)26)13-18(15)21-19(24)14-22(12-10-20)11-9-16-5-3-2-4-6-16;/h2-8,13H,9-12,14,20H2,1H3,(H,21,24);1H. The molecular formula is C19H25ClN4O3. The first-order valence-corrected chi connectivity index (χ1v) is 8.51. The Bertz CT molecular complexity index is 756. The van der Waals surface area contributed by atoms with Crippen LogP contribution in [0.4, 0.5) is 11.4 Å². The van der Waals surface area contributed by atoms with Crippen molar-refractivity contribution in [3.63, 3.8) is 0 Å². The van der Waals surface area contributed by atoms with Crippen LogP contribution in [-0.4, -0.2) is 41.9 Å². The molecule has 3 N–H and O–H groups in total. The number of benzene rings is 2. The van der Waals surface area contributed by atoms with Crippen LogP contribution in [-0.2, 0) is 11.2 Å². The molecule has 27 heavy (non-hydrogen) atoms. The Morgan fingerprint density at radius 2 is 1.89 bits per heavy atom. The molecule has 0 aliphatic rings. The highest BCUT2D eigenvalue weighted by Gasteiger charge is 2.14. The largest absolute Gasteiger partial charge is 0.329 e. The summed E-state index contributed by atoms with van der Waals surface area (Å²) >= 11 is 0. The van der Waals surface area contributed by atoms with Crippen molar-refractivity contribution in [3.8, 4) is 0 Å². The number of non-ortho nitro benzene ring substituents is 1. The molecule has 0 spiro atoms. The molecule has 1 amide bonds. The molecule has 7 nitrogen and oxygen atoms in total. The third kappa shape index (κ3) is 7.34. The quantitative estimate of drug-likeness (QED) is 0.504. The van der Waals surface area contributed by atoms with E-state index in [4.69, 9.17) is 5.73 Å². The summed E-state index contributed by atoms with van der Waals surface area (Å²) in [7, 11) is 0. The molecule has 0 bridgehead atoms. The summed E-state index contributed by atoms with van der Waals surface area (Å²) in [6.45, 7) is 3.76. The molecule has 0 saturated carbocycles. The van der Waals surface area contributed by atoms with Crippen LogP contribution < -0.4 is 11.1 Å². The fourth-order valence-corrected chi connectivity index (χ4v) is 2.64.